The van der Waals surface area contributed by atoms with Gasteiger partial charge in [-0.2, -0.15) is 0 Å². The number of ether oxygens (including phenoxy) is 1. The van der Waals surface area contributed by atoms with Gasteiger partial charge in [0.1, 0.15) is 6.10 Å². The molecule has 0 atom stereocenters. The average Bonchev–Trinajstić information content (AvgIpc) is 3.30. The van der Waals surface area contributed by atoms with Crippen LogP contribution in [0, 0.1) is 0 Å². The van der Waals surface area contributed by atoms with Gasteiger partial charge in [-0.05, 0) is 57.4 Å². The van der Waals surface area contributed by atoms with Gasteiger partial charge in [0.05, 0.1) is 5.69 Å². The lowest BCUT2D eigenvalue weighted by molar-refractivity contribution is 0.199. The zero-order valence-corrected chi connectivity index (χ0v) is 15.6. The molecular formula is C19H24N4O2S. The Morgan fingerprint density at radius 1 is 1.23 bits per heavy atom. The summed E-state index contributed by atoms with van der Waals surface area (Å²) >= 11 is 1.59. The fourth-order valence-electron chi connectivity index (χ4n) is 3.55. The van der Waals surface area contributed by atoms with Gasteiger partial charge in [0.15, 0.2) is 5.13 Å². The molecule has 2 heterocycles. The zero-order valence-electron chi connectivity index (χ0n) is 14.8. The molecule has 2 aromatic rings. The number of carbonyl (C=O) groups is 1. The first-order valence-electron chi connectivity index (χ1n) is 9.42. The lowest BCUT2D eigenvalue weighted by Crippen LogP contribution is -2.28. The minimum Gasteiger partial charge on any atom is -0.474 e. The molecule has 0 spiro atoms. The second-order valence-corrected chi connectivity index (χ2v) is 7.98. The molecule has 0 bridgehead atoms. The fraction of sp³-hybridized carbons (Fsp3) is 0.526. The van der Waals surface area contributed by atoms with Gasteiger partial charge in [0.2, 0.25) is 5.88 Å². The largest absolute Gasteiger partial charge is 0.474 e. The molecule has 6 nitrogen and oxygen atoms in total. The predicted octanol–water partition coefficient (Wildman–Crippen LogP) is 4.06. The molecule has 0 saturated heterocycles. The molecule has 1 fully saturated rings. The molecule has 0 radical (unpaired) electrons. The van der Waals surface area contributed by atoms with Gasteiger partial charge in [-0.25, -0.2) is 14.8 Å². The van der Waals surface area contributed by atoms with Gasteiger partial charge in [-0.1, -0.05) is 6.07 Å². The first-order chi connectivity index (χ1) is 12.8. The highest BCUT2D eigenvalue weighted by Gasteiger charge is 2.19. The lowest BCUT2D eigenvalue weighted by Gasteiger charge is -2.15. The number of hydrogen-bond donors (Lipinski definition) is 2. The van der Waals surface area contributed by atoms with Crippen molar-refractivity contribution < 1.29 is 9.53 Å². The Labute approximate surface area is 157 Å². The van der Waals surface area contributed by atoms with E-state index in [1.165, 1.54) is 30.6 Å². The Balaban J connectivity index is 1.33. The fourth-order valence-corrected chi connectivity index (χ4v) is 4.60. The summed E-state index contributed by atoms with van der Waals surface area (Å²) in [4.78, 5) is 22.4. The first kappa shape index (κ1) is 17.3. The molecule has 2 aromatic heterocycles. The van der Waals surface area contributed by atoms with E-state index in [0.29, 0.717) is 17.6 Å². The van der Waals surface area contributed by atoms with Crippen molar-refractivity contribution in [3.8, 4) is 5.88 Å². The maximum absolute atomic E-state index is 12.2. The van der Waals surface area contributed by atoms with E-state index in [0.717, 1.165) is 36.9 Å². The van der Waals surface area contributed by atoms with E-state index in [-0.39, 0.29) is 12.1 Å². The van der Waals surface area contributed by atoms with Crippen molar-refractivity contribution in [1.82, 2.24) is 15.3 Å². The number of carbonyl (C=O) groups excluding carboxylic acids is 1. The summed E-state index contributed by atoms with van der Waals surface area (Å²) in [6.45, 7) is 0.382. The molecule has 1 saturated carbocycles. The number of aromatic nitrogens is 2. The van der Waals surface area contributed by atoms with Crippen molar-refractivity contribution in [3.05, 3.63) is 34.5 Å². The van der Waals surface area contributed by atoms with Gasteiger partial charge >= 0.3 is 6.03 Å². The predicted molar refractivity (Wildman–Crippen MR) is 102 cm³/mol. The van der Waals surface area contributed by atoms with Crippen LogP contribution in [0.3, 0.4) is 0 Å². The number of nitrogens with zero attached hydrogens (tertiary/aromatic N) is 2. The maximum Gasteiger partial charge on any atom is 0.321 e. The van der Waals surface area contributed by atoms with Crippen molar-refractivity contribution in [3.63, 3.8) is 0 Å². The van der Waals surface area contributed by atoms with Crippen LogP contribution in [0.15, 0.2) is 18.3 Å². The third kappa shape index (κ3) is 4.15. The molecule has 4 rings (SSSR count). The van der Waals surface area contributed by atoms with Crippen molar-refractivity contribution >= 4 is 22.5 Å². The highest BCUT2D eigenvalue weighted by Crippen LogP contribution is 2.29. The summed E-state index contributed by atoms with van der Waals surface area (Å²) in [7, 11) is 0. The molecule has 2 N–H and O–H groups in total. The number of amides is 2. The second kappa shape index (κ2) is 8.03. The summed E-state index contributed by atoms with van der Waals surface area (Å²) in [5, 5.41) is 6.43. The Kier molecular flexibility index (Phi) is 5.34. The van der Waals surface area contributed by atoms with Crippen LogP contribution in [0.5, 0.6) is 5.88 Å². The summed E-state index contributed by atoms with van der Waals surface area (Å²) < 4.78 is 6.02. The van der Waals surface area contributed by atoms with Crippen LogP contribution < -0.4 is 15.4 Å². The Bertz CT molecular complexity index is 747. The second-order valence-electron chi connectivity index (χ2n) is 6.90. The SMILES string of the molecule is O=C(NCc1cccnc1OC1CCCC1)Nc1nc2c(s1)CCCC2. The summed E-state index contributed by atoms with van der Waals surface area (Å²) in [5.74, 6) is 0.629. The van der Waals surface area contributed by atoms with Crippen molar-refractivity contribution in [2.45, 2.75) is 64.0 Å². The zero-order chi connectivity index (χ0) is 17.8. The van der Waals surface area contributed by atoms with Gasteiger partial charge in [0, 0.05) is 23.2 Å². The molecule has 7 heteroatoms. The molecular weight excluding hydrogens is 348 g/mol. The topological polar surface area (TPSA) is 76.1 Å². The standard InChI is InChI=1S/C19H24N4O2S/c24-18(23-19-22-15-9-3-4-10-16(15)26-19)21-12-13-6-5-11-20-17(13)25-14-7-1-2-8-14/h5-6,11,14H,1-4,7-10,12H2,(H2,21,22,23,24). The maximum atomic E-state index is 12.2. The van der Waals surface area contributed by atoms with E-state index in [9.17, 15) is 4.79 Å². The Hall–Kier alpha value is -2.15. The van der Waals surface area contributed by atoms with Crippen LogP contribution in [0.1, 0.15) is 54.7 Å². The molecule has 0 aromatic carbocycles. The molecule has 2 aliphatic rings. The van der Waals surface area contributed by atoms with Gasteiger partial charge in [-0.15, -0.1) is 11.3 Å². The minimum absolute atomic E-state index is 0.244. The number of urea groups is 1. The molecule has 26 heavy (non-hydrogen) atoms. The van der Waals surface area contributed by atoms with Crippen LogP contribution in [-0.2, 0) is 19.4 Å². The monoisotopic (exact) mass is 372 g/mol. The molecule has 2 amide bonds. The van der Waals surface area contributed by atoms with Crippen LogP contribution in [0.2, 0.25) is 0 Å². The quantitative estimate of drug-likeness (QED) is 0.830. The van der Waals surface area contributed by atoms with Crippen LogP contribution in [0.25, 0.3) is 0 Å². The van der Waals surface area contributed by atoms with Gasteiger partial charge in [-0.3, -0.25) is 5.32 Å². The number of fused-ring (bicyclic) bond motifs is 1. The number of thiazole rings is 1. The number of anilines is 1. The van der Waals surface area contributed by atoms with Crippen LogP contribution in [-0.4, -0.2) is 22.1 Å². The number of pyridine rings is 1. The summed E-state index contributed by atoms with van der Waals surface area (Å²) in [6, 6.07) is 3.57. The van der Waals surface area contributed by atoms with E-state index in [1.807, 2.05) is 12.1 Å². The smallest absolute Gasteiger partial charge is 0.321 e. The number of nitrogens with one attached hydrogen (secondary N) is 2. The molecule has 138 valence electrons. The summed E-state index contributed by atoms with van der Waals surface area (Å²) in [5.41, 5.74) is 2.05. The van der Waals surface area contributed by atoms with E-state index < -0.39 is 0 Å². The van der Waals surface area contributed by atoms with E-state index in [2.05, 4.69) is 20.6 Å². The number of aryl methyl sites for hydroxylation is 2. The third-order valence-corrected chi connectivity index (χ3v) is 6.01. The van der Waals surface area contributed by atoms with Crippen LogP contribution >= 0.6 is 11.3 Å². The highest BCUT2D eigenvalue weighted by molar-refractivity contribution is 7.15. The molecule has 0 unspecified atom stereocenters. The van der Waals surface area contributed by atoms with Crippen molar-refractivity contribution in [2.75, 3.05) is 5.32 Å². The van der Waals surface area contributed by atoms with Crippen molar-refractivity contribution in [2.24, 2.45) is 0 Å². The average molecular weight is 372 g/mol. The minimum atomic E-state index is -0.244. The van der Waals surface area contributed by atoms with E-state index in [4.69, 9.17) is 4.74 Å². The van der Waals surface area contributed by atoms with Crippen molar-refractivity contribution in [1.29, 1.82) is 0 Å². The van der Waals surface area contributed by atoms with Gasteiger partial charge in [0.25, 0.3) is 0 Å². The third-order valence-electron chi connectivity index (χ3n) is 4.94. The first-order valence-corrected chi connectivity index (χ1v) is 10.2. The number of hydrogen-bond acceptors (Lipinski definition) is 5. The van der Waals surface area contributed by atoms with E-state index in [1.54, 1.807) is 17.5 Å². The number of rotatable bonds is 5. The lowest BCUT2D eigenvalue weighted by atomic mass is 10.0. The molecule has 2 aliphatic carbocycles. The Morgan fingerprint density at radius 3 is 2.92 bits per heavy atom. The Morgan fingerprint density at radius 2 is 2.08 bits per heavy atom. The van der Waals surface area contributed by atoms with E-state index >= 15 is 0 Å². The molecule has 0 aliphatic heterocycles. The van der Waals surface area contributed by atoms with Crippen LogP contribution in [0.4, 0.5) is 9.93 Å². The highest BCUT2D eigenvalue weighted by atomic mass is 32.1. The summed E-state index contributed by atoms with van der Waals surface area (Å²) in [6.07, 6.45) is 11.1. The normalized spacial score (nSPS) is 16.9. The van der Waals surface area contributed by atoms with Gasteiger partial charge < -0.3 is 10.1 Å².